The van der Waals surface area contributed by atoms with Crippen LogP contribution in [0.2, 0.25) is 0 Å². The van der Waals surface area contributed by atoms with Crippen molar-refractivity contribution in [3.05, 3.63) is 95.1 Å². The molecule has 3 aromatic rings. The van der Waals surface area contributed by atoms with Gasteiger partial charge in [0.1, 0.15) is 0 Å². The van der Waals surface area contributed by atoms with E-state index >= 15 is 0 Å². The van der Waals surface area contributed by atoms with Crippen molar-refractivity contribution in [3.63, 3.8) is 0 Å². The van der Waals surface area contributed by atoms with Gasteiger partial charge in [-0.25, -0.2) is 0 Å². The van der Waals surface area contributed by atoms with Crippen LogP contribution in [0.5, 0.6) is 0 Å². The van der Waals surface area contributed by atoms with Gasteiger partial charge in [0, 0.05) is 23.4 Å². The molecular formula is C25H26N2O2. The second-order valence-electron chi connectivity index (χ2n) is 7.02. The van der Waals surface area contributed by atoms with E-state index in [0.717, 1.165) is 23.2 Å². The van der Waals surface area contributed by atoms with Gasteiger partial charge in [0.05, 0.1) is 0 Å². The highest BCUT2D eigenvalue weighted by atomic mass is 16.2. The van der Waals surface area contributed by atoms with E-state index in [2.05, 4.69) is 41.8 Å². The average molecular weight is 386 g/mol. The van der Waals surface area contributed by atoms with Gasteiger partial charge >= 0.3 is 0 Å². The van der Waals surface area contributed by atoms with Crippen LogP contribution in [0.4, 0.5) is 11.4 Å². The first-order chi connectivity index (χ1) is 14.1. The van der Waals surface area contributed by atoms with Crippen LogP contribution in [0.25, 0.3) is 0 Å². The number of anilines is 2. The Labute approximate surface area is 172 Å². The van der Waals surface area contributed by atoms with Gasteiger partial charge in [-0.3, -0.25) is 9.59 Å². The van der Waals surface area contributed by atoms with E-state index in [0.29, 0.717) is 24.1 Å². The van der Waals surface area contributed by atoms with Crippen LogP contribution in [0.3, 0.4) is 0 Å². The summed E-state index contributed by atoms with van der Waals surface area (Å²) in [7, 11) is 0. The van der Waals surface area contributed by atoms with Gasteiger partial charge < -0.3 is 10.6 Å². The Balaban J connectivity index is 1.62. The summed E-state index contributed by atoms with van der Waals surface area (Å²) in [6, 6.07) is 23.0. The topological polar surface area (TPSA) is 58.2 Å². The van der Waals surface area contributed by atoms with Crippen LogP contribution in [-0.2, 0) is 17.6 Å². The first kappa shape index (κ1) is 20.3. The number of amides is 2. The highest BCUT2D eigenvalue weighted by molar-refractivity contribution is 6.06. The zero-order valence-corrected chi connectivity index (χ0v) is 16.9. The molecule has 148 valence electrons. The molecule has 0 unspecified atom stereocenters. The van der Waals surface area contributed by atoms with Crippen molar-refractivity contribution < 1.29 is 9.59 Å². The fourth-order valence-corrected chi connectivity index (χ4v) is 3.15. The van der Waals surface area contributed by atoms with Crippen LogP contribution in [0.15, 0.2) is 72.8 Å². The average Bonchev–Trinajstić information content (AvgIpc) is 2.75. The number of benzene rings is 3. The maximum absolute atomic E-state index is 12.6. The van der Waals surface area contributed by atoms with Gasteiger partial charge in [-0.2, -0.15) is 0 Å². The second-order valence-corrected chi connectivity index (χ2v) is 7.02. The lowest BCUT2D eigenvalue weighted by Gasteiger charge is -2.13. The molecule has 2 N–H and O–H groups in total. The number of rotatable bonds is 7. The molecule has 3 aromatic carbocycles. The maximum Gasteiger partial charge on any atom is 0.256 e. The minimum atomic E-state index is -0.194. The maximum atomic E-state index is 12.6. The molecule has 0 fully saturated rings. The Kier molecular flexibility index (Phi) is 6.80. The van der Waals surface area contributed by atoms with Crippen molar-refractivity contribution in [1.82, 2.24) is 0 Å². The van der Waals surface area contributed by atoms with Crippen molar-refractivity contribution in [3.8, 4) is 0 Å². The van der Waals surface area contributed by atoms with Crippen molar-refractivity contribution in [2.75, 3.05) is 10.6 Å². The number of para-hydroxylation sites is 1. The summed E-state index contributed by atoms with van der Waals surface area (Å²) in [5, 5.41) is 5.83. The predicted molar refractivity (Wildman–Crippen MR) is 118 cm³/mol. The standard InChI is InChI=1S/C25H26N2O2/c1-3-19-12-14-20(15-13-19)16-17-24(28)27-23-11-7-10-22(18(23)2)25(29)26-21-8-5-4-6-9-21/h4-15H,3,16-17H2,1-2H3,(H,26,29)(H,27,28). The number of aryl methyl sites for hydroxylation is 2. The molecular weight excluding hydrogens is 360 g/mol. The van der Waals surface area contributed by atoms with Crippen LogP contribution >= 0.6 is 0 Å². The van der Waals surface area contributed by atoms with Gasteiger partial charge in [-0.1, -0.05) is 55.5 Å². The van der Waals surface area contributed by atoms with E-state index in [1.54, 1.807) is 12.1 Å². The molecule has 0 atom stereocenters. The third-order valence-corrected chi connectivity index (χ3v) is 4.96. The van der Waals surface area contributed by atoms with E-state index in [-0.39, 0.29) is 11.8 Å². The molecule has 0 radical (unpaired) electrons. The van der Waals surface area contributed by atoms with Crippen LogP contribution in [-0.4, -0.2) is 11.8 Å². The quantitative estimate of drug-likeness (QED) is 0.573. The molecule has 29 heavy (non-hydrogen) atoms. The molecule has 0 aliphatic heterocycles. The van der Waals surface area contributed by atoms with E-state index in [1.807, 2.05) is 43.3 Å². The van der Waals surface area contributed by atoms with Gasteiger partial charge in [-0.05, 0) is 60.7 Å². The SMILES string of the molecule is CCc1ccc(CCC(=O)Nc2cccc(C(=O)Nc3ccccc3)c2C)cc1. The predicted octanol–water partition coefficient (Wildman–Crippen LogP) is 5.38. The lowest BCUT2D eigenvalue weighted by molar-refractivity contribution is -0.116. The number of hydrogen-bond donors (Lipinski definition) is 2. The summed E-state index contributed by atoms with van der Waals surface area (Å²) in [5.74, 6) is -0.255. The minimum Gasteiger partial charge on any atom is -0.326 e. The highest BCUT2D eigenvalue weighted by Gasteiger charge is 2.13. The Morgan fingerprint density at radius 3 is 2.17 bits per heavy atom. The summed E-state index contributed by atoms with van der Waals surface area (Å²) < 4.78 is 0. The summed E-state index contributed by atoms with van der Waals surface area (Å²) in [6.07, 6.45) is 2.09. The van der Waals surface area contributed by atoms with E-state index in [1.165, 1.54) is 5.56 Å². The van der Waals surface area contributed by atoms with Crippen LogP contribution in [0.1, 0.15) is 40.4 Å². The molecule has 0 bridgehead atoms. The fraction of sp³-hybridized carbons (Fsp3) is 0.200. The third kappa shape index (κ3) is 5.55. The molecule has 4 nitrogen and oxygen atoms in total. The number of hydrogen-bond acceptors (Lipinski definition) is 2. The Morgan fingerprint density at radius 1 is 0.793 bits per heavy atom. The van der Waals surface area contributed by atoms with Crippen molar-refractivity contribution in [2.24, 2.45) is 0 Å². The van der Waals surface area contributed by atoms with Gasteiger partial charge in [0.2, 0.25) is 5.91 Å². The number of carbonyl (C=O) groups excluding carboxylic acids is 2. The first-order valence-corrected chi connectivity index (χ1v) is 9.90. The zero-order chi connectivity index (χ0) is 20.6. The third-order valence-electron chi connectivity index (χ3n) is 4.96. The summed E-state index contributed by atoms with van der Waals surface area (Å²) in [6.45, 7) is 3.97. The van der Waals surface area contributed by atoms with Crippen LogP contribution < -0.4 is 10.6 Å². The highest BCUT2D eigenvalue weighted by Crippen LogP contribution is 2.21. The molecule has 0 aromatic heterocycles. The molecule has 3 rings (SSSR count). The minimum absolute atomic E-state index is 0.0618. The molecule has 0 aliphatic rings. The van der Waals surface area contributed by atoms with Crippen molar-refractivity contribution in [2.45, 2.75) is 33.1 Å². The normalized spacial score (nSPS) is 10.4. The molecule has 0 aliphatic carbocycles. The Bertz CT molecular complexity index is 979. The van der Waals surface area contributed by atoms with E-state index in [4.69, 9.17) is 0 Å². The Morgan fingerprint density at radius 2 is 1.48 bits per heavy atom. The van der Waals surface area contributed by atoms with Crippen molar-refractivity contribution in [1.29, 1.82) is 0 Å². The number of nitrogens with one attached hydrogen (secondary N) is 2. The van der Waals surface area contributed by atoms with Gasteiger partial charge in [0.25, 0.3) is 5.91 Å². The number of carbonyl (C=O) groups is 2. The zero-order valence-electron chi connectivity index (χ0n) is 16.9. The van der Waals surface area contributed by atoms with Crippen LogP contribution in [0, 0.1) is 6.92 Å². The molecule has 0 heterocycles. The fourth-order valence-electron chi connectivity index (χ4n) is 3.15. The lowest BCUT2D eigenvalue weighted by atomic mass is 10.0. The van der Waals surface area contributed by atoms with Gasteiger partial charge in [-0.15, -0.1) is 0 Å². The lowest BCUT2D eigenvalue weighted by Crippen LogP contribution is -2.17. The monoisotopic (exact) mass is 386 g/mol. The summed E-state index contributed by atoms with van der Waals surface area (Å²) in [5.41, 5.74) is 5.13. The molecule has 0 saturated carbocycles. The van der Waals surface area contributed by atoms with E-state index < -0.39 is 0 Å². The second kappa shape index (κ2) is 9.69. The van der Waals surface area contributed by atoms with E-state index in [9.17, 15) is 9.59 Å². The largest absolute Gasteiger partial charge is 0.326 e. The summed E-state index contributed by atoms with van der Waals surface area (Å²) in [4.78, 5) is 25.0. The molecule has 0 saturated heterocycles. The smallest absolute Gasteiger partial charge is 0.256 e. The van der Waals surface area contributed by atoms with Gasteiger partial charge in [0.15, 0.2) is 0 Å². The molecule has 0 spiro atoms. The molecule has 2 amide bonds. The van der Waals surface area contributed by atoms with Crippen molar-refractivity contribution >= 4 is 23.2 Å². The molecule has 4 heteroatoms. The summed E-state index contributed by atoms with van der Waals surface area (Å²) >= 11 is 0. The first-order valence-electron chi connectivity index (χ1n) is 9.90. The Hall–Kier alpha value is -3.40.